The Balaban J connectivity index is 2.23. The highest BCUT2D eigenvalue weighted by atomic mass is 16.4. The second kappa shape index (κ2) is 5.95. The fraction of sp³-hybridized carbons (Fsp3) is 0.400. The molecule has 112 valence electrons. The van der Waals surface area contributed by atoms with E-state index in [0.717, 1.165) is 10.5 Å². The first kappa shape index (κ1) is 15.0. The molecule has 6 nitrogen and oxygen atoms in total. The summed E-state index contributed by atoms with van der Waals surface area (Å²) in [6, 6.07) is 8.88. The number of rotatable bonds is 4. The molecule has 0 aromatic heterocycles. The van der Waals surface area contributed by atoms with E-state index < -0.39 is 23.3 Å². The summed E-state index contributed by atoms with van der Waals surface area (Å²) in [5.74, 6) is -1.68. The van der Waals surface area contributed by atoms with E-state index in [-0.39, 0.29) is 25.9 Å². The maximum Gasteiger partial charge on any atom is 0.407 e. The number of nitrogens with zero attached hydrogens (tertiary/aromatic N) is 1. The van der Waals surface area contributed by atoms with Gasteiger partial charge in [0, 0.05) is 19.5 Å². The molecule has 0 radical (unpaired) electrons. The Morgan fingerprint density at radius 2 is 1.81 bits per heavy atom. The summed E-state index contributed by atoms with van der Waals surface area (Å²) in [6.07, 6.45) is -0.634. The highest BCUT2D eigenvalue weighted by Crippen LogP contribution is 2.32. The standard InChI is InChI=1S/C15H17NO5/c17-12(9-11-5-2-1-3-6-11)15(13(18)19)7-4-8-16(10-15)14(20)21/h1-3,5-6H,4,7-10H2,(H,18,19)(H,20,21). The van der Waals surface area contributed by atoms with Crippen molar-refractivity contribution >= 4 is 17.8 Å². The van der Waals surface area contributed by atoms with Gasteiger partial charge in [-0.3, -0.25) is 9.59 Å². The number of hydrogen-bond donors (Lipinski definition) is 2. The minimum atomic E-state index is -1.63. The van der Waals surface area contributed by atoms with Crippen molar-refractivity contribution in [3.05, 3.63) is 35.9 Å². The topological polar surface area (TPSA) is 94.9 Å². The SMILES string of the molecule is O=C(O)N1CCCC(C(=O)O)(C(=O)Cc2ccccc2)C1. The molecule has 0 saturated carbocycles. The predicted molar refractivity (Wildman–Crippen MR) is 74.1 cm³/mol. The number of ketones is 1. The second-order valence-electron chi connectivity index (χ2n) is 5.28. The maximum atomic E-state index is 12.5. The van der Waals surface area contributed by atoms with E-state index in [0.29, 0.717) is 6.42 Å². The van der Waals surface area contributed by atoms with Crippen LogP contribution in [0.5, 0.6) is 0 Å². The van der Waals surface area contributed by atoms with Gasteiger partial charge in [-0.25, -0.2) is 4.79 Å². The summed E-state index contributed by atoms with van der Waals surface area (Å²) in [6.45, 7) is -0.00763. The smallest absolute Gasteiger partial charge is 0.407 e. The van der Waals surface area contributed by atoms with E-state index in [1.165, 1.54) is 0 Å². The van der Waals surface area contributed by atoms with Crippen LogP contribution in [0.25, 0.3) is 0 Å². The fourth-order valence-corrected chi connectivity index (χ4v) is 2.69. The normalized spacial score (nSPS) is 21.8. The molecule has 1 atom stereocenters. The monoisotopic (exact) mass is 291 g/mol. The molecule has 1 fully saturated rings. The molecule has 1 saturated heterocycles. The summed E-state index contributed by atoms with van der Waals surface area (Å²) in [7, 11) is 0. The minimum absolute atomic E-state index is 0.000594. The van der Waals surface area contributed by atoms with Gasteiger partial charge >= 0.3 is 12.1 Å². The van der Waals surface area contributed by atoms with Crippen molar-refractivity contribution in [1.82, 2.24) is 4.90 Å². The lowest BCUT2D eigenvalue weighted by Crippen LogP contribution is -2.54. The minimum Gasteiger partial charge on any atom is -0.480 e. The van der Waals surface area contributed by atoms with Gasteiger partial charge in [0.15, 0.2) is 5.78 Å². The van der Waals surface area contributed by atoms with Gasteiger partial charge in [-0.15, -0.1) is 0 Å². The zero-order valence-electron chi connectivity index (χ0n) is 11.5. The molecule has 1 aliphatic rings. The summed E-state index contributed by atoms with van der Waals surface area (Å²) in [4.78, 5) is 36.2. The molecule has 2 rings (SSSR count). The molecular formula is C15H17NO5. The Bertz CT molecular complexity index is 556. The van der Waals surface area contributed by atoms with E-state index in [4.69, 9.17) is 5.11 Å². The van der Waals surface area contributed by atoms with Gasteiger partial charge in [-0.2, -0.15) is 0 Å². The van der Waals surface area contributed by atoms with Crippen molar-refractivity contribution < 1.29 is 24.6 Å². The largest absolute Gasteiger partial charge is 0.480 e. The van der Waals surface area contributed by atoms with Crippen molar-refractivity contribution in [1.29, 1.82) is 0 Å². The summed E-state index contributed by atoms with van der Waals surface area (Å²) >= 11 is 0. The molecule has 6 heteroatoms. The van der Waals surface area contributed by atoms with Gasteiger partial charge in [0.2, 0.25) is 0 Å². The Kier molecular flexibility index (Phi) is 4.26. The van der Waals surface area contributed by atoms with Crippen LogP contribution in [0.15, 0.2) is 30.3 Å². The van der Waals surface area contributed by atoms with Crippen molar-refractivity contribution in [2.24, 2.45) is 5.41 Å². The fourth-order valence-electron chi connectivity index (χ4n) is 2.69. The Hall–Kier alpha value is -2.37. The molecular weight excluding hydrogens is 274 g/mol. The first-order valence-electron chi connectivity index (χ1n) is 6.74. The van der Waals surface area contributed by atoms with Gasteiger partial charge in [-0.05, 0) is 18.4 Å². The lowest BCUT2D eigenvalue weighted by molar-refractivity contribution is -0.158. The Morgan fingerprint density at radius 3 is 2.38 bits per heavy atom. The average Bonchev–Trinajstić information content (AvgIpc) is 2.48. The molecule has 1 unspecified atom stereocenters. The number of Topliss-reactive ketones (excluding diaryl/α,β-unsaturated/α-hetero) is 1. The molecule has 0 spiro atoms. The quantitative estimate of drug-likeness (QED) is 0.822. The number of piperidine rings is 1. The van der Waals surface area contributed by atoms with Crippen molar-refractivity contribution in [3.8, 4) is 0 Å². The lowest BCUT2D eigenvalue weighted by Gasteiger charge is -2.37. The summed E-state index contributed by atoms with van der Waals surface area (Å²) in [5.41, 5.74) is -0.900. The molecule has 2 N–H and O–H groups in total. The van der Waals surface area contributed by atoms with Crippen LogP contribution in [0.3, 0.4) is 0 Å². The Labute approximate surface area is 122 Å². The number of carboxylic acids is 1. The van der Waals surface area contributed by atoms with Crippen molar-refractivity contribution in [3.63, 3.8) is 0 Å². The number of carbonyl (C=O) groups is 3. The number of benzene rings is 1. The summed E-state index contributed by atoms with van der Waals surface area (Å²) < 4.78 is 0. The first-order chi connectivity index (χ1) is 9.95. The second-order valence-corrected chi connectivity index (χ2v) is 5.28. The van der Waals surface area contributed by atoms with Crippen LogP contribution in [-0.2, 0) is 16.0 Å². The summed E-state index contributed by atoms with van der Waals surface area (Å²) in [5, 5.41) is 18.5. The number of carboxylic acid groups (broad SMARTS) is 2. The molecule has 21 heavy (non-hydrogen) atoms. The van der Waals surface area contributed by atoms with Crippen LogP contribution in [0.2, 0.25) is 0 Å². The molecule has 1 heterocycles. The zero-order valence-corrected chi connectivity index (χ0v) is 11.5. The van der Waals surface area contributed by atoms with E-state index in [2.05, 4.69) is 0 Å². The third-order valence-electron chi connectivity index (χ3n) is 3.91. The predicted octanol–water partition coefficient (Wildman–Crippen LogP) is 1.64. The molecule has 1 aliphatic heterocycles. The highest BCUT2D eigenvalue weighted by molar-refractivity contribution is 6.04. The number of likely N-dealkylation sites (tertiary alicyclic amines) is 1. The van der Waals surface area contributed by atoms with Crippen LogP contribution in [0.1, 0.15) is 18.4 Å². The van der Waals surface area contributed by atoms with Crippen LogP contribution in [0.4, 0.5) is 4.79 Å². The van der Waals surface area contributed by atoms with Gasteiger partial charge in [0.05, 0.1) is 0 Å². The number of amides is 1. The van der Waals surface area contributed by atoms with Crippen molar-refractivity contribution in [2.75, 3.05) is 13.1 Å². The lowest BCUT2D eigenvalue weighted by atomic mass is 9.74. The molecule has 0 bridgehead atoms. The number of carbonyl (C=O) groups excluding carboxylic acids is 1. The molecule has 0 aliphatic carbocycles. The van der Waals surface area contributed by atoms with Crippen LogP contribution < -0.4 is 0 Å². The van der Waals surface area contributed by atoms with Gasteiger partial charge < -0.3 is 15.1 Å². The number of hydrogen-bond acceptors (Lipinski definition) is 3. The van der Waals surface area contributed by atoms with Crippen LogP contribution in [0, 0.1) is 5.41 Å². The maximum absolute atomic E-state index is 12.5. The first-order valence-corrected chi connectivity index (χ1v) is 6.74. The van der Waals surface area contributed by atoms with E-state index in [1.54, 1.807) is 24.3 Å². The van der Waals surface area contributed by atoms with E-state index in [1.807, 2.05) is 6.07 Å². The number of aliphatic carboxylic acids is 1. The van der Waals surface area contributed by atoms with E-state index >= 15 is 0 Å². The molecule has 1 amide bonds. The van der Waals surface area contributed by atoms with Gasteiger partial charge in [-0.1, -0.05) is 30.3 Å². The third kappa shape index (κ3) is 3.04. The van der Waals surface area contributed by atoms with E-state index in [9.17, 15) is 19.5 Å². The van der Waals surface area contributed by atoms with Gasteiger partial charge in [0.1, 0.15) is 5.41 Å². The van der Waals surface area contributed by atoms with Crippen LogP contribution in [-0.4, -0.2) is 46.0 Å². The third-order valence-corrected chi connectivity index (χ3v) is 3.91. The molecule has 1 aromatic rings. The average molecular weight is 291 g/mol. The van der Waals surface area contributed by atoms with Gasteiger partial charge in [0.25, 0.3) is 0 Å². The van der Waals surface area contributed by atoms with Crippen LogP contribution >= 0.6 is 0 Å². The highest BCUT2D eigenvalue weighted by Gasteiger charge is 2.49. The Morgan fingerprint density at radius 1 is 1.14 bits per heavy atom. The van der Waals surface area contributed by atoms with Crippen molar-refractivity contribution in [2.45, 2.75) is 19.3 Å². The zero-order chi connectivity index (χ0) is 15.5. The molecule has 1 aromatic carbocycles.